The van der Waals surface area contributed by atoms with Gasteiger partial charge in [0.1, 0.15) is 12.4 Å². The van der Waals surface area contributed by atoms with Gasteiger partial charge in [-0.05, 0) is 30.2 Å². The number of aromatic nitrogens is 2. The molecule has 1 saturated carbocycles. The second-order valence-electron chi connectivity index (χ2n) is 7.02. The average molecular weight is 326 g/mol. The van der Waals surface area contributed by atoms with Crippen molar-refractivity contribution in [1.29, 1.82) is 0 Å². The van der Waals surface area contributed by atoms with Gasteiger partial charge >= 0.3 is 6.09 Å². The zero-order chi connectivity index (χ0) is 16.7. The third-order valence-corrected chi connectivity index (χ3v) is 5.23. The third kappa shape index (κ3) is 2.42. The highest BCUT2D eigenvalue weighted by Gasteiger charge is 2.64. The van der Waals surface area contributed by atoms with Crippen molar-refractivity contribution in [2.45, 2.75) is 31.9 Å². The minimum atomic E-state index is -0.315. The number of nitrogens with one attached hydrogen (secondary N) is 1. The number of amides is 1. The van der Waals surface area contributed by atoms with Crippen molar-refractivity contribution in [3.05, 3.63) is 47.7 Å². The first-order valence-electron chi connectivity index (χ1n) is 8.39. The second kappa shape index (κ2) is 5.54. The molecule has 0 radical (unpaired) electrons. The number of likely N-dealkylation sites (tertiary alicyclic amines) is 1. The van der Waals surface area contributed by atoms with Crippen LogP contribution in [0.5, 0.6) is 0 Å². The fourth-order valence-corrected chi connectivity index (χ4v) is 4.03. The number of nitrogens with two attached hydrogens (primary N) is 1. The van der Waals surface area contributed by atoms with E-state index < -0.39 is 0 Å². The van der Waals surface area contributed by atoms with E-state index in [2.05, 4.69) is 17.1 Å². The Kier molecular flexibility index (Phi) is 3.48. The van der Waals surface area contributed by atoms with Gasteiger partial charge in [0, 0.05) is 12.6 Å². The molecule has 3 atom stereocenters. The molecule has 2 heterocycles. The Hall–Kier alpha value is -2.50. The van der Waals surface area contributed by atoms with Crippen molar-refractivity contribution < 1.29 is 9.53 Å². The van der Waals surface area contributed by atoms with Gasteiger partial charge in [0.25, 0.3) is 0 Å². The van der Waals surface area contributed by atoms with E-state index in [0.717, 1.165) is 24.1 Å². The quantitative estimate of drug-likeness (QED) is 0.908. The van der Waals surface area contributed by atoms with Crippen LogP contribution in [-0.2, 0) is 16.9 Å². The molecule has 4 rings (SSSR count). The molecule has 2 aliphatic rings. The van der Waals surface area contributed by atoms with Crippen molar-refractivity contribution >= 4 is 11.9 Å². The van der Waals surface area contributed by atoms with Crippen molar-refractivity contribution in [2.75, 3.05) is 12.3 Å². The number of nitrogens with zero attached hydrogens (tertiary/aromatic N) is 2. The lowest BCUT2D eigenvalue weighted by atomic mass is 9.93. The van der Waals surface area contributed by atoms with Crippen molar-refractivity contribution in [1.82, 2.24) is 15.1 Å². The molecule has 2 fully saturated rings. The Morgan fingerprint density at radius 1 is 1.46 bits per heavy atom. The molecule has 1 aliphatic carbocycles. The van der Waals surface area contributed by atoms with E-state index in [-0.39, 0.29) is 18.2 Å². The Morgan fingerprint density at radius 3 is 2.96 bits per heavy atom. The molecule has 3 N–H and O–H groups in total. The minimum Gasteiger partial charge on any atom is -0.445 e. The monoisotopic (exact) mass is 326 g/mol. The molecule has 1 amide bonds. The highest BCUT2D eigenvalue weighted by molar-refractivity contribution is 5.70. The first-order chi connectivity index (χ1) is 11.6. The number of benzene rings is 1. The van der Waals surface area contributed by atoms with Crippen LogP contribution in [0.1, 0.15) is 31.0 Å². The highest BCUT2D eigenvalue weighted by atomic mass is 16.6. The van der Waals surface area contributed by atoms with Gasteiger partial charge in [-0.25, -0.2) is 4.79 Å². The standard InChI is InChI=1S/C18H22N4O2/c1-12-7-14-9-18(14,15-8-16(19)21-20-15)22(10-12)17(23)24-11-13-5-3-2-4-6-13/h2-6,8,12,14H,7,9-11H2,1H3,(H3,19,20,21)/t12-,14?,18+/m0/s1. The van der Waals surface area contributed by atoms with Gasteiger partial charge in [-0.1, -0.05) is 37.3 Å². The normalized spacial score (nSPS) is 28.3. The number of piperidine rings is 1. The average Bonchev–Trinajstić information content (AvgIpc) is 3.16. The van der Waals surface area contributed by atoms with Crippen LogP contribution in [0, 0.1) is 11.8 Å². The topological polar surface area (TPSA) is 84.2 Å². The first-order valence-corrected chi connectivity index (χ1v) is 8.39. The number of hydrogen-bond donors (Lipinski definition) is 2. The molecule has 1 aromatic heterocycles. The summed E-state index contributed by atoms with van der Waals surface area (Å²) < 4.78 is 5.59. The molecule has 2 aromatic rings. The molecule has 24 heavy (non-hydrogen) atoms. The number of carbonyl (C=O) groups excluding carboxylic acids is 1. The number of fused-ring (bicyclic) bond motifs is 1. The van der Waals surface area contributed by atoms with E-state index in [9.17, 15) is 4.79 Å². The predicted octanol–water partition coefficient (Wildman–Crippen LogP) is 2.89. The SMILES string of the molecule is C[C@H]1CC2C[C@@]2(c2cc(N)n[nH]2)N(C(=O)OCc2ccccc2)C1. The lowest BCUT2D eigenvalue weighted by Gasteiger charge is -2.37. The molecule has 0 bridgehead atoms. The van der Waals surface area contributed by atoms with E-state index in [0.29, 0.717) is 24.2 Å². The molecular weight excluding hydrogens is 304 g/mol. The lowest BCUT2D eigenvalue weighted by Crippen LogP contribution is -2.47. The number of ether oxygens (including phenoxy) is 1. The summed E-state index contributed by atoms with van der Waals surface area (Å²) in [5, 5.41) is 7.05. The number of H-pyrrole nitrogens is 1. The molecule has 1 aromatic carbocycles. The van der Waals surface area contributed by atoms with Crippen LogP contribution >= 0.6 is 0 Å². The number of nitrogen functional groups attached to an aromatic ring is 1. The van der Waals surface area contributed by atoms with E-state index in [4.69, 9.17) is 10.5 Å². The molecule has 1 unspecified atom stereocenters. The number of hydrogen-bond acceptors (Lipinski definition) is 4. The van der Waals surface area contributed by atoms with Crippen LogP contribution in [0.3, 0.4) is 0 Å². The molecule has 1 saturated heterocycles. The minimum absolute atomic E-state index is 0.263. The van der Waals surface area contributed by atoms with Gasteiger partial charge in [-0.2, -0.15) is 5.10 Å². The Morgan fingerprint density at radius 2 is 2.25 bits per heavy atom. The summed E-state index contributed by atoms with van der Waals surface area (Å²) in [4.78, 5) is 14.7. The van der Waals surface area contributed by atoms with E-state index >= 15 is 0 Å². The molecular formula is C18H22N4O2. The maximum absolute atomic E-state index is 12.8. The summed E-state index contributed by atoms with van der Waals surface area (Å²) in [6, 6.07) is 11.6. The van der Waals surface area contributed by atoms with Crippen LogP contribution in [0.25, 0.3) is 0 Å². The second-order valence-corrected chi connectivity index (χ2v) is 7.02. The van der Waals surface area contributed by atoms with E-state index in [1.54, 1.807) is 0 Å². The predicted molar refractivity (Wildman–Crippen MR) is 89.9 cm³/mol. The highest BCUT2D eigenvalue weighted by Crippen LogP contribution is 2.61. The Labute approximate surface area is 141 Å². The van der Waals surface area contributed by atoms with Crippen LogP contribution < -0.4 is 5.73 Å². The zero-order valence-corrected chi connectivity index (χ0v) is 13.7. The lowest BCUT2D eigenvalue weighted by molar-refractivity contribution is 0.0475. The van der Waals surface area contributed by atoms with Crippen LogP contribution in [-0.4, -0.2) is 27.7 Å². The van der Waals surface area contributed by atoms with Crippen LogP contribution in [0.4, 0.5) is 10.6 Å². The number of anilines is 1. The van der Waals surface area contributed by atoms with Crippen LogP contribution in [0.15, 0.2) is 36.4 Å². The van der Waals surface area contributed by atoms with Crippen molar-refractivity contribution in [2.24, 2.45) is 11.8 Å². The zero-order valence-electron chi connectivity index (χ0n) is 13.7. The summed E-state index contributed by atoms with van der Waals surface area (Å²) in [6.07, 6.45) is 1.79. The summed E-state index contributed by atoms with van der Waals surface area (Å²) in [5.41, 5.74) is 7.37. The fourth-order valence-electron chi connectivity index (χ4n) is 4.03. The largest absolute Gasteiger partial charge is 0.445 e. The van der Waals surface area contributed by atoms with Gasteiger partial charge in [0.15, 0.2) is 0 Å². The number of carbonyl (C=O) groups is 1. The number of aromatic amines is 1. The summed E-state index contributed by atoms with van der Waals surface area (Å²) in [6.45, 7) is 3.17. The maximum atomic E-state index is 12.8. The molecule has 0 spiro atoms. The molecule has 6 heteroatoms. The molecule has 1 aliphatic heterocycles. The Balaban J connectivity index is 1.54. The smallest absolute Gasteiger partial charge is 0.410 e. The van der Waals surface area contributed by atoms with Crippen molar-refractivity contribution in [3.8, 4) is 0 Å². The Bertz CT molecular complexity index is 744. The van der Waals surface area contributed by atoms with Crippen LogP contribution in [0.2, 0.25) is 0 Å². The third-order valence-electron chi connectivity index (χ3n) is 5.23. The summed E-state index contributed by atoms with van der Waals surface area (Å²) in [5.74, 6) is 1.38. The summed E-state index contributed by atoms with van der Waals surface area (Å²) >= 11 is 0. The van der Waals surface area contributed by atoms with E-state index in [1.807, 2.05) is 41.3 Å². The van der Waals surface area contributed by atoms with Gasteiger partial charge in [0.05, 0.1) is 11.2 Å². The van der Waals surface area contributed by atoms with Gasteiger partial charge < -0.3 is 10.5 Å². The summed E-state index contributed by atoms with van der Waals surface area (Å²) in [7, 11) is 0. The number of rotatable bonds is 3. The van der Waals surface area contributed by atoms with Gasteiger partial charge in [-0.15, -0.1) is 0 Å². The fraction of sp³-hybridized carbons (Fsp3) is 0.444. The van der Waals surface area contributed by atoms with Gasteiger partial charge in [0.2, 0.25) is 0 Å². The maximum Gasteiger partial charge on any atom is 0.410 e. The van der Waals surface area contributed by atoms with E-state index in [1.165, 1.54) is 0 Å². The molecule has 6 nitrogen and oxygen atoms in total. The van der Waals surface area contributed by atoms with Crippen molar-refractivity contribution in [3.63, 3.8) is 0 Å². The molecule has 126 valence electrons. The van der Waals surface area contributed by atoms with Gasteiger partial charge in [-0.3, -0.25) is 10.00 Å². The first kappa shape index (κ1) is 15.1.